The monoisotopic (exact) mass is 468 g/mol. The lowest BCUT2D eigenvalue weighted by molar-refractivity contribution is -0.144. The molecule has 2 rings (SSSR count). The summed E-state index contributed by atoms with van der Waals surface area (Å²) in [6, 6.07) is 16.0. The van der Waals surface area contributed by atoms with Crippen molar-refractivity contribution in [3.8, 4) is 11.1 Å². The molecule has 0 saturated heterocycles. The summed E-state index contributed by atoms with van der Waals surface area (Å²) in [6.07, 6.45) is 1.96. The van der Waals surface area contributed by atoms with Crippen molar-refractivity contribution in [2.75, 3.05) is 19.7 Å². The van der Waals surface area contributed by atoms with E-state index >= 15 is 0 Å². The van der Waals surface area contributed by atoms with Crippen LogP contribution in [0.15, 0.2) is 54.6 Å². The maximum Gasteiger partial charge on any atom is 0.326 e. The van der Waals surface area contributed by atoms with Gasteiger partial charge in [0, 0.05) is 19.5 Å². The normalized spacial score (nSPS) is 11.6. The zero-order valence-corrected chi connectivity index (χ0v) is 20.3. The van der Waals surface area contributed by atoms with Gasteiger partial charge in [-0.2, -0.15) is 0 Å². The summed E-state index contributed by atoms with van der Waals surface area (Å²) >= 11 is 0. The van der Waals surface area contributed by atoms with Gasteiger partial charge in [-0.3, -0.25) is 4.79 Å². The lowest BCUT2D eigenvalue weighted by atomic mass is 10.0. The molecule has 2 aromatic carbocycles. The molecule has 0 aliphatic carbocycles. The van der Waals surface area contributed by atoms with E-state index in [1.54, 1.807) is 0 Å². The van der Waals surface area contributed by atoms with Crippen LogP contribution in [-0.4, -0.2) is 53.7 Å². The van der Waals surface area contributed by atoms with Crippen LogP contribution in [0.25, 0.3) is 11.1 Å². The quantitative estimate of drug-likeness (QED) is 0.327. The standard InChI is InChI=1S/C27H36N2O5/c1-4-5-17-34-25(30)15-16-29(19-20(2)3)27(33)28-24(26(31)32)18-21-11-13-23(14-12-21)22-9-7-6-8-10-22/h6-14,20,24H,4-5,15-19H2,1-3H3,(H,28,33)(H,31,32)/t24-/m0/s1. The molecule has 2 aromatic rings. The number of nitrogens with one attached hydrogen (secondary N) is 1. The number of ether oxygens (including phenoxy) is 1. The SMILES string of the molecule is CCCCOC(=O)CCN(CC(C)C)C(=O)N[C@@H](Cc1ccc(-c2ccccc2)cc1)C(=O)O. The summed E-state index contributed by atoms with van der Waals surface area (Å²) < 4.78 is 5.17. The number of esters is 1. The Kier molecular flexibility index (Phi) is 11.1. The molecule has 0 saturated carbocycles. The van der Waals surface area contributed by atoms with Gasteiger partial charge in [0.15, 0.2) is 0 Å². The van der Waals surface area contributed by atoms with E-state index in [1.165, 1.54) is 4.90 Å². The number of nitrogens with zero attached hydrogens (tertiary/aromatic N) is 1. The minimum atomic E-state index is -1.11. The van der Waals surface area contributed by atoms with Crippen molar-refractivity contribution < 1.29 is 24.2 Å². The number of urea groups is 1. The molecule has 0 aromatic heterocycles. The molecule has 0 spiro atoms. The van der Waals surface area contributed by atoms with E-state index in [-0.39, 0.29) is 31.3 Å². The number of unbranched alkanes of at least 4 members (excludes halogenated alkanes) is 1. The number of benzene rings is 2. The van der Waals surface area contributed by atoms with Gasteiger partial charge in [-0.15, -0.1) is 0 Å². The first-order valence-corrected chi connectivity index (χ1v) is 11.9. The van der Waals surface area contributed by atoms with Crippen molar-refractivity contribution in [1.29, 1.82) is 0 Å². The first-order valence-electron chi connectivity index (χ1n) is 11.9. The van der Waals surface area contributed by atoms with E-state index in [0.29, 0.717) is 13.2 Å². The number of carbonyl (C=O) groups is 3. The highest BCUT2D eigenvalue weighted by Gasteiger charge is 2.24. The highest BCUT2D eigenvalue weighted by Crippen LogP contribution is 2.20. The van der Waals surface area contributed by atoms with Crippen LogP contribution in [0.2, 0.25) is 0 Å². The molecule has 2 amide bonds. The van der Waals surface area contributed by atoms with E-state index in [1.807, 2.05) is 75.4 Å². The van der Waals surface area contributed by atoms with Gasteiger partial charge in [-0.1, -0.05) is 81.8 Å². The number of hydrogen-bond acceptors (Lipinski definition) is 4. The second-order valence-corrected chi connectivity index (χ2v) is 8.77. The highest BCUT2D eigenvalue weighted by atomic mass is 16.5. The first kappa shape index (κ1) is 26.9. The van der Waals surface area contributed by atoms with Gasteiger partial charge in [0.2, 0.25) is 0 Å². The van der Waals surface area contributed by atoms with Crippen LogP contribution >= 0.6 is 0 Å². The third kappa shape index (κ3) is 9.25. The minimum absolute atomic E-state index is 0.0720. The Morgan fingerprint density at radius 2 is 1.65 bits per heavy atom. The molecule has 0 heterocycles. The number of carbonyl (C=O) groups excluding carboxylic acids is 2. The Morgan fingerprint density at radius 1 is 1.00 bits per heavy atom. The van der Waals surface area contributed by atoms with Gasteiger partial charge in [0.1, 0.15) is 6.04 Å². The number of amides is 2. The molecular formula is C27H36N2O5. The Morgan fingerprint density at radius 3 is 2.24 bits per heavy atom. The number of carboxylic acids is 1. The zero-order chi connectivity index (χ0) is 24.9. The Balaban J connectivity index is 2.00. The van der Waals surface area contributed by atoms with Crippen molar-refractivity contribution >= 4 is 18.0 Å². The average molecular weight is 469 g/mol. The fourth-order valence-electron chi connectivity index (χ4n) is 3.49. The van der Waals surface area contributed by atoms with Crippen molar-refractivity contribution in [1.82, 2.24) is 10.2 Å². The van der Waals surface area contributed by atoms with Gasteiger partial charge >= 0.3 is 18.0 Å². The molecule has 0 radical (unpaired) electrons. The predicted octanol–water partition coefficient (Wildman–Crippen LogP) is 4.75. The fraction of sp³-hybridized carbons (Fsp3) is 0.444. The Bertz CT molecular complexity index is 912. The van der Waals surface area contributed by atoms with Crippen LogP contribution in [0.4, 0.5) is 4.79 Å². The molecular weight excluding hydrogens is 432 g/mol. The summed E-state index contributed by atoms with van der Waals surface area (Å²) in [5.74, 6) is -1.30. The Labute approximate surface area is 202 Å². The van der Waals surface area contributed by atoms with Gasteiger partial charge in [-0.05, 0) is 29.0 Å². The maximum absolute atomic E-state index is 12.9. The molecule has 0 unspecified atom stereocenters. The molecule has 0 aliphatic heterocycles. The van der Waals surface area contributed by atoms with Gasteiger partial charge < -0.3 is 20.1 Å². The molecule has 2 N–H and O–H groups in total. The summed E-state index contributed by atoms with van der Waals surface area (Å²) in [7, 11) is 0. The smallest absolute Gasteiger partial charge is 0.326 e. The summed E-state index contributed by atoms with van der Waals surface area (Å²) in [6.45, 7) is 6.89. The average Bonchev–Trinajstić information content (AvgIpc) is 2.82. The lowest BCUT2D eigenvalue weighted by Gasteiger charge is -2.26. The van der Waals surface area contributed by atoms with Crippen molar-refractivity contribution in [2.45, 2.75) is 52.5 Å². The number of rotatable bonds is 13. The van der Waals surface area contributed by atoms with E-state index in [2.05, 4.69) is 5.32 Å². The van der Waals surface area contributed by atoms with Crippen molar-refractivity contribution in [3.63, 3.8) is 0 Å². The second kappa shape index (κ2) is 14.0. The lowest BCUT2D eigenvalue weighted by Crippen LogP contribution is -2.50. The molecule has 7 nitrogen and oxygen atoms in total. The third-order valence-corrected chi connectivity index (χ3v) is 5.32. The van der Waals surface area contributed by atoms with Crippen molar-refractivity contribution in [3.05, 3.63) is 60.2 Å². The van der Waals surface area contributed by atoms with E-state index in [0.717, 1.165) is 29.5 Å². The topological polar surface area (TPSA) is 95.9 Å². The van der Waals surface area contributed by atoms with Crippen LogP contribution in [0.5, 0.6) is 0 Å². The maximum atomic E-state index is 12.9. The van der Waals surface area contributed by atoms with Crippen LogP contribution in [0, 0.1) is 5.92 Å². The van der Waals surface area contributed by atoms with Gasteiger partial charge in [0.25, 0.3) is 0 Å². The Hall–Kier alpha value is -3.35. The predicted molar refractivity (Wildman–Crippen MR) is 132 cm³/mol. The van der Waals surface area contributed by atoms with Crippen LogP contribution in [0.1, 0.15) is 45.6 Å². The molecule has 0 bridgehead atoms. The third-order valence-electron chi connectivity index (χ3n) is 5.32. The molecule has 7 heteroatoms. The number of carboxylic acid groups (broad SMARTS) is 1. The molecule has 1 atom stereocenters. The molecule has 0 aliphatic rings. The summed E-state index contributed by atoms with van der Waals surface area (Å²) in [5, 5.41) is 12.3. The van der Waals surface area contributed by atoms with Crippen LogP contribution in [-0.2, 0) is 20.7 Å². The first-order chi connectivity index (χ1) is 16.3. The largest absolute Gasteiger partial charge is 0.480 e. The molecule has 34 heavy (non-hydrogen) atoms. The number of aliphatic carboxylic acids is 1. The molecule has 0 fully saturated rings. The summed E-state index contributed by atoms with van der Waals surface area (Å²) in [4.78, 5) is 38.2. The molecule has 184 valence electrons. The summed E-state index contributed by atoms with van der Waals surface area (Å²) in [5.41, 5.74) is 2.92. The number of hydrogen-bond donors (Lipinski definition) is 2. The highest BCUT2D eigenvalue weighted by molar-refractivity contribution is 5.83. The zero-order valence-electron chi connectivity index (χ0n) is 20.3. The van der Waals surface area contributed by atoms with Gasteiger partial charge in [-0.25, -0.2) is 9.59 Å². The second-order valence-electron chi connectivity index (χ2n) is 8.77. The van der Waals surface area contributed by atoms with Crippen molar-refractivity contribution in [2.24, 2.45) is 5.92 Å². The van der Waals surface area contributed by atoms with Crippen LogP contribution < -0.4 is 5.32 Å². The minimum Gasteiger partial charge on any atom is -0.480 e. The fourth-order valence-corrected chi connectivity index (χ4v) is 3.49. The van der Waals surface area contributed by atoms with E-state index < -0.39 is 18.0 Å². The van der Waals surface area contributed by atoms with Crippen LogP contribution in [0.3, 0.4) is 0 Å². The van der Waals surface area contributed by atoms with Gasteiger partial charge in [0.05, 0.1) is 13.0 Å². The van der Waals surface area contributed by atoms with E-state index in [4.69, 9.17) is 4.74 Å². The van der Waals surface area contributed by atoms with E-state index in [9.17, 15) is 19.5 Å².